The van der Waals surface area contributed by atoms with E-state index in [1.54, 1.807) is 0 Å². The summed E-state index contributed by atoms with van der Waals surface area (Å²) in [6, 6.07) is 0.485. The molecule has 1 unspecified atom stereocenters. The van der Waals surface area contributed by atoms with Crippen LogP contribution in [0.25, 0.3) is 0 Å². The van der Waals surface area contributed by atoms with E-state index >= 15 is 0 Å². The van der Waals surface area contributed by atoms with E-state index in [-0.39, 0.29) is 0 Å². The molecule has 0 aliphatic heterocycles. The van der Waals surface area contributed by atoms with E-state index in [1.807, 2.05) is 0 Å². The molecular formula is C12H24N2. The van der Waals surface area contributed by atoms with Crippen molar-refractivity contribution in [2.75, 3.05) is 20.1 Å². The van der Waals surface area contributed by atoms with Crippen molar-refractivity contribution < 1.29 is 0 Å². The molecule has 2 fully saturated rings. The van der Waals surface area contributed by atoms with E-state index in [4.69, 9.17) is 5.73 Å². The van der Waals surface area contributed by atoms with E-state index in [0.717, 1.165) is 11.8 Å². The molecule has 0 radical (unpaired) electrons. The van der Waals surface area contributed by atoms with Gasteiger partial charge in [0.15, 0.2) is 0 Å². The number of rotatable bonds is 6. The van der Waals surface area contributed by atoms with Crippen molar-refractivity contribution in [2.45, 2.75) is 44.6 Å². The average molecular weight is 196 g/mol. The lowest BCUT2D eigenvalue weighted by atomic mass is 9.85. The third kappa shape index (κ3) is 2.96. The van der Waals surface area contributed by atoms with Gasteiger partial charge >= 0.3 is 0 Å². The van der Waals surface area contributed by atoms with Crippen LogP contribution < -0.4 is 5.73 Å². The topological polar surface area (TPSA) is 29.3 Å². The second kappa shape index (κ2) is 4.63. The maximum atomic E-state index is 6.08. The van der Waals surface area contributed by atoms with E-state index in [9.17, 15) is 0 Å². The molecule has 82 valence electrons. The molecule has 0 spiro atoms. The van der Waals surface area contributed by atoms with Crippen molar-refractivity contribution in [3.8, 4) is 0 Å². The van der Waals surface area contributed by atoms with Gasteiger partial charge in [-0.1, -0.05) is 6.42 Å². The lowest BCUT2D eigenvalue weighted by molar-refractivity contribution is 0.200. The van der Waals surface area contributed by atoms with Crippen molar-refractivity contribution in [1.29, 1.82) is 0 Å². The molecule has 2 N–H and O–H groups in total. The Labute approximate surface area is 87.8 Å². The molecule has 2 aliphatic carbocycles. The fourth-order valence-corrected chi connectivity index (χ4v) is 2.34. The summed E-state index contributed by atoms with van der Waals surface area (Å²) in [5.74, 6) is 1.87. The van der Waals surface area contributed by atoms with Crippen molar-refractivity contribution in [3.05, 3.63) is 0 Å². The molecule has 2 nitrogen and oxygen atoms in total. The third-order valence-electron chi connectivity index (χ3n) is 3.87. The Bertz CT molecular complexity index is 173. The predicted molar refractivity (Wildman–Crippen MR) is 60.2 cm³/mol. The quantitative estimate of drug-likeness (QED) is 0.702. The minimum atomic E-state index is 0.485. The first-order valence-corrected chi connectivity index (χ1v) is 6.20. The van der Waals surface area contributed by atoms with Crippen LogP contribution >= 0.6 is 0 Å². The zero-order valence-electron chi connectivity index (χ0n) is 9.41. The Kier molecular flexibility index (Phi) is 3.45. The van der Waals surface area contributed by atoms with Crippen LogP contribution in [0.3, 0.4) is 0 Å². The molecule has 0 saturated heterocycles. The molecule has 14 heavy (non-hydrogen) atoms. The molecule has 2 aliphatic rings. The van der Waals surface area contributed by atoms with Gasteiger partial charge in [-0.3, -0.25) is 0 Å². The van der Waals surface area contributed by atoms with Gasteiger partial charge in [0.05, 0.1) is 0 Å². The number of hydrogen-bond donors (Lipinski definition) is 1. The highest BCUT2D eigenvalue weighted by Gasteiger charge is 2.28. The summed E-state index contributed by atoms with van der Waals surface area (Å²) in [7, 11) is 2.25. The minimum absolute atomic E-state index is 0.485. The summed E-state index contributed by atoms with van der Waals surface area (Å²) in [5, 5.41) is 0. The maximum absolute atomic E-state index is 6.08. The number of nitrogens with two attached hydrogens (primary N) is 1. The first-order chi connectivity index (χ1) is 6.75. The van der Waals surface area contributed by atoms with Crippen LogP contribution in [0.4, 0.5) is 0 Å². The first-order valence-electron chi connectivity index (χ1n) is 6.20. The second-order valence-electron chi connectivity index (χ2n) is 5.35. The smallest absolute Gasteiger partial charge is 0.00793 e. The van der Waals surface area contributed by atoms with Gasteiger partial charge in [0.1, 0.15) is 0 Å². The van der Waals surface area contributed by atoms with E-state index in [2.05, 4.69) is 11.9 Å². The molecule has 2 heteroatoms. The Morgan fingerprint density at radius 3 is 2.50 bits per heavy atom. The van der Waals surface area contributed by atoms with Gasteiger partial charge in [0.25, 0.3) is 0 Å². The molecule has 1 atom stereocenters. The van der Waals surface area contributed by atoms with Crippen LogP contribution in [0.5, 0.6) is 0 Å². The summed E-state index contributed by atoms with van der Waals surface area (Å²) in [6.07, 6.45) is 8.34. The largest absolute Gasteiger partial charge is 0.327 e. The summed E-state index contributed by atoms with van der Waals surface area (Å²) in [5.41, 5.74) is 6.08. The van der Waals surface area contributed by atoms with E-state index < -0.39 is 0 Å². The van der Waals surface area contributed by atoms with Crippen molar-refractivity contribution in [1.82, 2.24) is 4.90 Å². The summed E-state index contributed by atoms with van der Waals surface area (Å²) >= 11 is 0. The molecule has 0 heterocycles. The molecule has 0 aromatic heterocycles. The summed E-state index contributed by atoms with van der Waals surface area (Å²) < 4.78 is 0. The summed E-state index contributed by atoms with van der Waals surface area (Å²) in [6.45, 7) is 2.51. The Morgan fingerprint density at radius 1 is 1.29 bits per heavy atom. The fraction of sp³-hybridized carbons (Fsp3) is 1.00. The van der Waals surface area contributed by atoms with Gasteiger partial charge in [-0.15, -0.1) is 0 Å². The third-order valence-corrected chi connectivity index (χ3v) is 3.87. The van der Waals surface area contributed by atoms with Crippen molar-refractivity contribution in [2.24, 2.45) is 17.6 Å². The van der Waals surface area contributed by atoms with Gasteiger partial charge in [-0.2, -0.15) is 0 Å². The van der Waals surface area contributed by atoms with E-state index in [0.29, 0.717) is 6.04 Å². The molecular weight excluding hydrogens is 172 g/mol. The Balaban J connectivity index is 1.54. The zero-order valence-corrected chi connectivity index (χ0v) is 9.41. The molecule has 0 amide bonds. The molecule has 0 aromatic carbocycles. The highest BCUT2D eigenvalue weighted by molar-refractivity contribution is 4.84. The zero-order chi connectivity index (χ0) is 9.97. The monoisotopic (exact) mass is 196 g/mol. The van der Waals surface area contributed by atoms with Crippen molar-refractivity contribution in [3.63, 3.8) is 0 Å². The van der Waals surface area contributed by atoms with Gasteiger partial charge in [0, 0.05) is 12.6 Å². The highest BCUT2D eigenvalue weighted by atomic mass is 15.1. The SMILES string of the molecule is CN(CCC(N)C1CC1)CC1CCC1. The fourth-order valence-electron chi connectivity index (χ4n) is 2.34. The van der Waals surface area contributed by atoms with Crippen LogP contribution in [-0.2, 0) is 0 Å². The molecule has 2 rings (SSSR count). The van der Waals surface area contributed by atoms with E-state index in [1.165, 1.54) is 51.6 Å². The van der Waals surface area contributed by atoms with Crippen LogP contribution in [0.15, 0.2) is 0 Å². The van der Waals surface area contributed by atoms with Gasteiger partial charge < -0.3 is 10.6 Å². The molecule has 0 aromatic rings. The lowest BCUT2D eigenvalue weighted by Gasteiger charge is -2.30. The molecule has 0 bridgehead atoms. The van der Waals surface area contributed by atoms with Crippen molar-refractivity contribution >= 4 is 0 Å². The minimum Gasteiger partial charge on any atom is -0.327 e. The number of nitrogens with zero attached hydrogens (tertiary/aromatic N) is 1. The first kappa shape index (κ1) is 10.4. The highest BCUT2D eigenvalue weighted by Crippen LogP contribution is 2.33. The average Bonchev–Trinajstić information content (AvgIpc) is 2.90. The standard InChI is InChI=1S/C12H24N2/c1-14(9-10-3-2-4-10)8-7-12(13)11-5-6-11/h10-12H,2-9,13H2,1H3. The van der Waals surface area contributed by atoms with Crippen LogP contribution in [0.2, 0.25) is 0 Å². The van der Waals surface area contributed by atoms with Gasteiger partial charge in [0.2, 0.25) is 0 Å². The van der Waals surface area contributed by atoms with Crippen LogP contribution in [0.1, 0.15) is 38.5 Å². The van der Waals surface area contributed by atoms with Crippen LogP contribution in [-0.4, -0.2) is 31.1 Å². The lowest BCUT2D eigenvalue weighted by Crippen LogP contribution is -2.34. The van der Waals surface area contributed by atoms with Crippen LogP contribution in [0, 0.1) is 11.8 Å². The summed E-state index contributed by atoms with van der Waals surface area (Å²) in [4.78, 5) is 2.48. The van der Waals surface area contributed by atoms with Gasteiger partial charge in [-0.05, 0) is 57.5 Å². The number of hydrogen-bond acceptors (Lipinski definition) is 2. The Hall–Kier alpha value is -0.0800. The normalized spacial score (nSPS) is 25.1. The maximum Gasteiger partial charge on any atom is 0.00793 e. The predicted octanol–water partition coefficient (Wildman–Crippen LogP) is 1.85. The Morgan fingerprint density at radius 2 is 2.00 bits per heavy atom. The second-order valence-corrected chi connectivity index (χ2v) is 5.35. The molecule has 2 saturated carbocycles. The van der Waals surface area contributed by atoms with Gasteiger partial charge in [-0.25, -0.2) is 0 Å².